The van der Waals surface area contributed by atoms with Crippen molar-refractivity contribution in [2.75, 3.05) is 29.4 Å². The standard InChI is InChI=1S/C24H30N6O/c1-3-24(2)8-11-29(12-9-24)20-15-26-21-18(28-20)14-27-23(21)30-10-4-5-16-13-17(22(25)31)6-7-19(16)30/h6-7,13,15H,3-5,8-12,14H2,1-2H3,(H2,25,31). The number of fused-ring (bicyclic) bond motifs is 2. The molecule has 1 fully saturated rings. The molecular formula is C24H30N6O. The number of aryl methyl sites for hydroxylation is 1. The lowest BCUT2D eigenvalue weighted by molar-refractivity contribution is 0.1000. The van der Waals surface area contributed by atoms with Gasteiger partial charge >= 0.3 is 0 Å². The number of aromatic nitrogens is 2. The van der Waals surface area contributed by atoms with Crippen LogP contribution in [0.3, 0.4) is 0 Å². The quantitative estimate of drug-likeness (QED) is 0.826. The fourth-order valence-electron chi connectivity index (χ4n) is 4.90. The number of rotatable bonds is 3. The van der Waals surface area contributed by atoms with E-state index in [1.54, 1.807) is 6.07 Å². The summed E-state index contributed by atoms with van der Waals surface area (Å²) < 4.78 is 0. The van der Waals surface area contributed by atoms with Gasteiger partial charge in [0, 0.05) is 30.9 Å². The number of nitrogens with two attached hydrogens (primary N) is 1. The van der Waals surface area contributed by atoms with Crippen molar-refractivity contribution in [1.82, 2.24) is 9.97 Å². The van der Waals surface area contributed by atoms with Crippen LogP contribution in [0.1, 0.15) is 66.8 Å². The minimum absolute atomic E-state index is 0.390. The summed E-state index contributed by atoms with van der Waals surface area (Å²) in [5.41, 5.74) is 10.5. The molecule has 0 unspecified atom stereocenters. The minimum Gasteiger partial charge on any atom is -0.366 e. The van der Waals surface area contributed by atoms with Gasteiger partial charge in [0.25, 0.3) is 0 Å². The molecule has 0 radical (unpaired) electrons. The Morgan fingerprint density at radius 2 is 2.03 bits per heavy atom. The van der Waals surface area contributed by atoms with E-state index in [-0.39, 0.29) is 5.91 Å². The molecule has 0 atom stereocenters. The van der Waals surface area contributed by atoms with Gasteiger partial charge in [-0.2, -0.15) is 0 Å². The van der Waals surface area contributed by atoms with Crippen molar-refractivity contribution in [3.05, 3.63) is 46.9 Å². The van der Waals surface area contributed by atoms with Crippen molar-refractivity contribution >= 4 is 23.2 Å². The second-order valence-electron chi connectivity index (χ2n) is 9.28. The molecular weight excluding hydrogens is 388 g/mol. The molecule has 3 aliphatic heterocycles. The lowest BCUT2D eigenvalue weighted by atomic mass is 9.78. The van der Waals surface area contributed by atoms with Gasteiger partial charge in [0.1, 0.15) is 11.5 Å². The monoisotopic (exact) mass is 418 g/mol. The smallest absolute Gasteiger partial charge is 0.248 e. The summed E-state index contributed by atoms with van der Waals surface area (Å²) in [6, 6.07) is 5.69. The van der Waals surface area contributed by atoms with Crippen molar-refractivity contribution < 1.29 is 4.79 Å². The van der Waals surface area contributed by atoms with Gasteiger partial charge in [0.15, 0.2) is 5.84 Å². The number of carbonyl (C=O) groups excluding carboxylic acids is 1. The van der Waals surface area contributed by atoms with E-state index in [0.717, 1.165) is 66.8 Å². The number of piperidine rings is 1. The van der Waals surface area contributed by atoms with Crippen LogP contribution in [-0.4, -0.2) is 41.3 Å². The highest BCUT2D eigenvalue weighted by atomic mass is 16.1. The molecule has 3 aliphatic rings. The molecule has 5 rings (SSSR count). The zero-order chi connectivity index (χ0) is 21.6. The van der Waals surface area contributed by atoms with E-state index in [2.05, 4.69) is 23.6 Å². The van der Waals surface area contributed by atoms with Gasteiger partial charge in [-0.3, -0.25) is 9.79 Å². The Labute approximate surface area is 183 Å². The molecule has 7 nitrogen and oxygen atoms in total. The predicted molar refractivity (Wildman–Crippen MR) is 123 cm³/mol. The number of primary amides is 1. The van der Waals surface area contributed by atoms with E-state index >= 15 is 0 Å². The van der Waals surface area contributed by atoms with Crippen molar-refractivity contribution in [2.45, 2.75) is 52.5 Å². The van der Waals surface area contributed by atoms with Crippen molar-refractivity contribution in [3.8, 4) is 0 Å². The van der Waals surface area contributed by atoms with E-state index in [9.17, 15) is 4.79 Å². The first-order chi connectivity index (χ1) is 15.0. The summed E-state index contributed by atoms with van der Waals surface area (Å²) in [5.74, 6) is 1.47. The highest BCUT2D eigenvalue weighted by Crippen LogP contribution is 2.36. The molecule has 1 aromatic carbocycles. The Hall–Kier alpha value is -2.96. The minimum atomic E-state index is -0.390. The van der Waals surface area contributed by atoms with E-state index < -0.39 is 0 Å². The predicted octanol–water partition coefficient (Wildman–Crippen LogP) is 3.31. The average molecular weight is 419 g/mol. The van der Waals surface area contributed by atoms with Crippen molar-refractivity contribution in [1.29, 1.82) is 0 Å². The fourth-order valence-corrected chi connectivity index (χ4v) is 4.90. The van der Waals surface area contributed by atoms with Gasteiger partial charge in [-0.25, -0.2) is 9.97 Å². The van der Waals surface area contributed by atoms with Gasteiger partial charge < -0.3 is 15.5 Å². The number of amidine groups is 1. The lowest BCUT2D eigenvalue weighted by Gasteiger charge is -2.39. The number of anilines is 2. The Morgan fingerprint density at radius 1 is 1.23 bits per heavy atom. The van der Waals surface area contributed by atoms with Crippen LogP contribution in [-0.2, 0) is 13.0 Å². The highest BCUT2D eigenvalue weighted by molar-refractivity contribution is 6.11. The second kappa shape index (κ2) is 7.62. The molecule has 7 heteroatoms. The maximum atomic E-state index is 11.6. The first-order valence-corrected chi connectivity index (χ1v) is 11.3. The second-order valence-corrected chi connectivity index (χ2v) is 9.28. The zero-order valence-electron chi connectivity index (χ0n) is 18.4. The number of amides is 1. The van der Waals surface area contributed by atoms with Crippen LogP contribution < -0.4 is 15.5 Å². The molecule has 0 bridgehead atoms. The Balaban J connectivity index is 1.38. The highest BCUT2D eigenvalue weighted by Gasteiger charge is 2.32. The molecule has 31 heavy (non-hydrogen) atoms. The Bertz CT molecular complexity index is 1050. The summed E-state index contributed by atoms with van der Waals surface area (Å²) in [4.78, 5) is 30.7. The third-order valence-electron chi connectivity index (χ3n) is 7.31. The fraction of sp³-hybridized carbons (Fsp3) is 0.500. The first-order valence-electron chi connectivity index (χ1n) is 11.3. The molecule has 1 amide bonds. The van der Waals surface area contributed by atoms with Crippen molar-refractivity contribution in [3.63, 3.8) is 0 Å². The van der Waals surface area contributed by atoms with E-state index in [1.807, 2.05) is 18.3 Å². The van der Waals surface area contributed by atoms with Crippen LogP contribution in [0.15, 0.2) is 29.4 Å². The first kappa shape index (κ1) is 20.0. The van der Waals surface area contributed by atoms with Gasteiger partial charge in [-0.05, 0) is 54.9 Å². The molecule has 1 saturated heterocycles. The third-order valence-corrected chi connectivity index (χ3v) is 7.31. The van der Waals surface area contributed by atoms with Crippen LogP contribution in [0.4, 0.5) is 11.5 Å². The van der Waals surface area contributed by atoms with Gasteiger partial charge in [0.05, 0.1) is 18.4 Å². The number of hydrogen-bond acceptors (Lipinski definition) is 6. The normalized spacial score (nSPS) is 19.6. The number of aliphatic imine (C=N–C) groups is 1. The maximum absolute atomic E-state index is 11.6. The molecule has 0 aliphatic carbocycles. The molecule has 0 spiro atoms. The SMILES string of the molecule is CCC1(C)CCN(c2cnc3c(n2)CN=C3N2CCCc3cc(C(N)=O)ccc32)CC1. The summed E-state index contributed by atoms with van der Waals surface area (Å²) in [6.45, 7) is 8.20. The van der Waals surface area contributed by atoms with Crippen LogP contribution in [0.2, 0.25) is 0 Å². The maximum Gasteiger partial charge on any atom is 0.248 e. The third kappa shape index (κ3) is 3.56. The molecule has 2 aromatic rings. The average Bonchev–Trinajstić information content (AvgIpc) is 3.22. The lowest BCUT2D eigenvalue weighted by Crippen LogP contribution is -2.39. The van der Waals surface area contributed by atoms with Crippen LogP contribution in [0.5, 0.6) is 0 Å². The Morgan fingerprint density at radius 3 is 2.77 bits per heavy atom. The number of hydrogen-bond donors (Lipinski definition) is 1. The summed E-state index contributed by atoms with van der Waals surface area (Å²) in [7, 11) is 0. The Kier molecular flexibility index (Phi) is 4.91. The topological polar surface area (TPSA) is 87.7 Å². The molecule has 2 N–H and O–H groups in total. The van der Waals surface area contributed by atoms with E-state index in [1.165, 1.54) is 19.3 Å². The summed E-state index contributed by atoms with van der Waals surface area (Å²) >= 11 is 0. The number of carbonyl (C=O) groups is 1. The number of nitrogens with zero attached hydrogens (tertiary/aromatic N) is 5. The zero-order valence-corrected chi connectivity index (χ0v) is 18.4. The van der Waals surface area contributed by atoms with Gasteiger partial charge in [-0.1, -0.05) is 20.3 Å². The van der Waals surface area contributed by atoms with Crippen LogP contribution in [0.25, 0.3) is 0 Å². The summed E-state index contributed by atoms with van der Waals surface area (Å²) in [5, 5.41) is 0. The van der Waals surface area contributed by atoms with E-state index in [4.69, 9.17) is 20.7 Å². The van der Waals surface area contributed by atoms with Gasteiger partial charge in [-0.15, -0.1) is 0 Å². The molecule has 0 saturated carbocycles. The van der Waals surface area contributed by atoms with Gasteiger partial charge in [0.2, 0.25) is 5.91 Å². The molecule has 4 heterocycles. The summed E-state index contributed by atoms with van der Waals surface area (Å²) in [6.07, 6.45) is 7.47. The molecule has 162 valence electrons. The van der Waals surface area contributed by atoms with E-state index in [0.29, 0.717) is 17.5 Å². The van der Waals surface area contributed by atoms with Crippen molar-refractivity contribution in [2.24, 2.45) is 16.1 Å². The van der Waals surface area contributed by atoms with Crippen LogP contribution in [0, 0.1) is 5.41 Å². The largest absolute Gasteiger partial charge is 0.366 e. The number of benzene rings is 1. The van der Waals surface area contributed by atoms with Crippen LogP contribution >= 0.6 is 0 Å². The molecule has 1 aromatic heterocycles.